The van der Waals surface area contributed by atoms with E-state index in [-0.39, 0.29) is 17.1 Å². The van der Waals surface area contributed by atoms with Gasteiger partial charge in [-0.3, -0.25) is 9.69 Å². The molecule has 0 radical (unpaired) electrons. The summed E-state index contributed by atoms with van der Waals surface area (Å²) >= 11 is 0. The van der Waals surface area contributed by atoms with E-state index in [1.54, 1.807) is 0 Å². The number of aromatic hydroxyl groups is 1. The molecule has 6 heteroatoms. The number of ketones is 1. The molecule has 2 rings (SSSR count). The van der Waals surface area contributed by atoms with Gasteiger partial charge in [-0.15, -0.1) is 0 Å². The lowest BCUT2D eigenvalue weighted by Gasteiger charge is -2.31. The molecule has 0 spiro atoms. The Morgan fingerprint density at radius 2 is 1.90 bits per heavy atom. The number of benzene rings is 1. The van der Waals surface area contributed by atoms with Crippen molar-refractivity contribution in [3.05, 3.63) is 29.3 Å². The van der Waals surface area contributed by atoms with Gasteiger partial charge < -0.3 is 14.7 Å². The fraction of sp³-hybridized carbons (Fsp3) is 0.467. The van der Waals surface area contributed by atoms with Crippen LogP contribution in [-0.4, -0.2) is 73.5 Å². The topological polar surface area (TPSA) is 70.1 Å². The minimum absolute atomic E-state index is 0.0155. The van der Waals surface area contributed by atoms with Crippen molar-refractivity contribution in [2.24, 2.45) is 0 Å². The summed E-state index contributed by atoms with van der Waals surface area (Å²) in [6, 6.07) is 4.27. The van der Waals surface area contributed by atoms with E-state index in [0.717, 1.165) is 26.2 Å². The Morgan fingerprint density at radius 3 is 2.52 bits per heavy atom. The lowest BCUT2D eigenvalue weighted by molar-refractivity contribution is 0.0597. The van der Waals surface area contributed by atoms with Crippen LogP contribution >= 0.6 is 0 Å². The molecule has 0 atom stereocenters. The van der Waals surface area contributed by atoms with Crippen LogP contribution in [0.3, 0.4) is 0 Å². The first-order valence-electron chi connectivity index (χ1n) is 6.86. The molecule has 1 N–H and O–H groups in total. The molecule has 1 aromatic rings. The van der Waals surface area contributed by atoms with E-state index in [4.69, 9.17) is 0 Å². The van der Waals surface area contributed by atoms with Gasteiger partial charge in [0.2, 0.25) is 0 Å². The van der Waals surface area contributed by atoms with Crippen LogP contribution < -0.4 is 0 Å². The van der Waals surface area contributed by atoms with E-state index in [2.05, 4.69) is 21.6 Å². The lowest BCUT2D eigenvalue weighted by Crippen LogP contribution is -2.46. The predicted molar refractivity (Wildman–Crippen MR) is 77.7 cm³/mol. The van der Waals surface area contributed by atoms with E-state index in [9.17, 15) is 14.7 Å². The molecule has 0 aliphatic carbocycles. The number of Topliss-reactive ketones (excluding diaryl/α,β-unsaturated/α-hetero) is 1. The van der Waals surface area contributed by atoms with Crippen molar-refractivity contribution >= 4 is 11.8 Å². The number of methoxy groups -OCH3 is 1. The summed E-state index contributed by atoms with van der Waals surface area (Å²) < 4.78 is 4.59. The van der Waals surface area contributed by atoms with Gasteiger partial charge in [0.1, 0.15) is 11.3 Å². The SMILES string of the molecule is COC(=O)c1cc(C(=O)CN2CCN(C)CC2)ccc1O. The molecule has 1 fully saturated rings. The van der Waals surface area contributed by atoms with Crippen LogP contribution in [0.1, 0.15) is 20.7 Å². The average molecular weight is 292 g/mol. The Bertz CT molecular complexity index is 536. The number of rotatable bonds is 4. The number of carbonyl (C=O) groups is 2. The van der Waals surface area contributed by atoms with Crippen molar-refractivity contribution in [3.63, 3.8) is 0 Å². The molecule has 1 aromatic carbocycles. The van der Waals surface area contributed by atoms with E-state index in [1.807, 2.05) is 0 Å². The van der Waals surface area contributed by atoms with E-state index in [1.165, 1.54) is 25.3 Å². The standard InChI is InChI=1S/C15H20N2O4/c1-16-5-7-17(8-6-16)10-14(19)11-3-4-13(18)12(9-11)15(20)21-2/h3-4,9,18H,5-8,10H2,1-2H3. The summed E-state index contributed by atoms with van der Waals surface area (Å²) in [5.74, 6) is -0.899. The Labute approximate surface area is 123 Å². The summed E-state index contributed by atoms with van der Waals surface area (Å²) in [5.41, 5.74) is 0.425. The van der Waals surface area contributed by atoms with E-state index in [0.29, 0.717) is 12.1 Å². The van der Waals surface area contributed by atoms with Gasteiger partial charge in [0.05, 0.1) is 13.7 Å². The van der Waals surface area contributed by atoms with Crippen molar-refractivity contribution in [1.29, 1.82) is 0 Å². The number of carbonyl (C=O) groups excluding carboxylic acids is 2. The van der Waals surface area contributed by atoms with Crippen molar-refractivity contribution in [2.45, 2.75) is 0 Å². The maximum atomic E-state index is 12.3. The Hall–Kier alpha value is -1.92. The highest BCUT2D eigenvalue weighted by atomic mass is 16.5. The molecule has 1 heterocycles. The molecule has 6 nitrogen and oxygen atoms in total. The van der Waals surface area contributed by atoms with Crippen LogP contribution in [0.15, 0.2) is 18.2 Å². The monoisotopic (exact) mass is 292 g/mol. The second-order valence-electron chi connectivity index (χ2n) is 5.23. The number of phenols is 1. The summed E-state index contributed by atoms with van der Waals surface area (Å²) in [5, 5.41) is 9.64. The molecule has 114 valence electrons. The third-order valence-electron chi connectivity index (χ3n) is 3.69. The van der Waals surface area contributed by atoms with E-state index >= 15 is 0 Å². The van der Waals surface area contributed by atoms with Crippen molar-refractivity contribution in [1.82, 2.24) is 9.80 Å². The van der Waals surface area contributed by atoms with Crippen molar-refractivity contribution in [3.8, 4) is 5.75 Å². The molecule has 1 aliphatic heterocycles. The maximum absolute atomic E-state index is 12.3. The Balaban J connectivity index is 2.07. The molecule has 1 saturated heterocycles. The van der Waals surface area contributed by atoms with Gasteiger partial charge in [-0.1, -0.05) is 0 Å². The van der Waals surface area contributed by atoms with Gasteiger partial charge in [-0.05, 0) is 25.2 Å². The molecule has 0 saturated carbocycles. The van der Waals surface area contributed by atoms with Gasteiger partial charge in [-0.2, -0.15) is 0 Å². The van der Waals surface area contributed by atoms with Gasteiger partial charge in [0.25, 0.3) is 0 Å². The predicted octanol–water partition coefficient (Wildman–Crippen LogP) is 0.609. The van der Waals surface area contributed by atoms with Crippen molar-refractivity contribution in [2.75, 3.05) is 46.9 Å². The lowest BCUT2D eigenvalue weighted by atomic mass is 10.1. The minimum Gasteiger partial charge on any atom is -0.507 e. The normalized spacial score (nSPS) is 16.7. The van der Waals surface area contributed by atoms with Crippen LogP contribution in [-0.2, 0) is 4.74 Å². The van der Waals surface area contributed by atoms with Gasteiger partial charge in [0, 0.05) is 31.7 Å². The number of phenolic OH excluding ortho intramolecular Hbond substituents is 1. The highest BCUT2D eigenvalue weighted by molar-refractivity contribution is 6.01. The third kappa shape index (κ3) is 3.80. The zero-order valence-electron chi connectivity index (χ0n) is 12.3. The smallest absolute Gasteiger partial charge is 0.341 e. The quantitative estimate of drug-likeness (QED) is 0.647. The molecule has 0 aromatic heterocycles. The second kappa shape index (κ2) is 6.69. The fourth-order valence-electron chi connectivity index (χ4n) is 2.28. The summed E-state index contributed by atoms with van der Waals surface area (Å²) in [6.45, 7) is 3.90. The number of ether oxygens (including phenoxy) is 1. The maximum Gasteiger partial charge on any atom is 0.341 e. The third-order valence-corrected chi connectivity index (χ3v) is 3.69. The number of nitrogens with zero attached hydrogens (tertiary/aromatic N) is 2. The molecule has 21 heavy (non-hydrogen) atoms. The van der Waals surface area contributed by atoms with Crippen LogP contribution in [0.5, 0.6) is 5.75 Å². The molecule has 1 aliphatic rings. The number of hydrogen-bond acceptors (Lipinski definition) is 6. The second-order valence-corrected chi connectivity index (χ2v) is 5.23. The van der Waals surface area contributed by atoms with Crippen LogP contribution in [0.4, 0.5) is 0 Å². The van der Waals surface area contributed by atoms with Gasteiger partial charge >= 0.3 is 5.97 Å². The minimum atomic E-state index is -0.651. The van der Waals surface area contributed by atoms with Gasteiger partial charge in [0.15, 0.2) is 5.78 Å². The highest BCUT2D eigenvalue weighted by Gasteiger charge is 2.19. The summed E-state index contributed by atoms with van der Waals surface area (Å²) in [6.07, 6.45) is 0. The van der Waals surface area contributed by atoms with E-state index < -0.39 is 5.97 Å². The molecule has 0 bridgehead atoms. The first-order valence-corrected chi connectivity index (χ1v) is 6.86. The zero-order valence-corrected chi connectivity index (χ0v) is 12.3. The summed E-state index contributed by atoms with van der Waals surface area (Å²) in [4.78, 5) is 28.1. The largest absolute Gasteiger partial charge is 0.507 e. The summed E-state index contributed by atoms with van der Waals surface area (Å²) in [7, 11) is 3.29. The van der Waals surface area contributed by atoms with Crippen LogP contribution in [0.25, 0.3) is 0 Å². The average Bonchev–Trinajstić information content (AvgIpc) is 2.49. The number of hydrogen-bond donors (Lipinski definition) is 1. The Kier molecular flexibility index (Phi) is 4.93. The highest BCUT2D eigenvalue weighted by Crippen LogP contribution is 2.20. The van der Waals surface area contributed by atoms with Crippen LogP contribution in [0.2, 0.25) is 0 Å². The molecular weight excluding hydrogens is 272 g/mol. The number of esters is 1. The zero-order chi connectivity index (χ0) is 15.4. The van der Waals surface area contributed by atoms with Crippen molar-refractivity contribution < 1.29 is 19.4 Å². The number of piperazine rings is 1. The number of likely N-dealkylation sites (N-methyl/N-ethyl adjacent to an activating group) is 1. The molecule has 0 unspecified atom stereocenters. The van der Waals surface area contributed by atoms with Crippen LogP contribution in [0, 0.1) is 0 Å². The molecular formula is C15H20N2O4. The fourth-order valence-corrected chi connectivity index (χ4v) is 2.28. The van der Waals surface area contributed by atoms with Gasteiger partial charge in [-0.25, -0.2) is 4.79 Å². The molecule has 0 amide bonds. The Morgan fingerprint density at radius 1 is 1.24 bits per heavy atom. The first kappa shape index (κ1) is 15.5. The first-order chi connectivity index (χ1) is 10.0.